The first kappa shape index (κ1) is 21.8. The third-order valence-electron chi connectivity index (χ3n) is 5.80. The molecule has 0 atom stereocenters. The van der Waals surface area contributed by atoms with Crippen molar-refractivity contribution in [1.82, 2.24) is 9.80 Å². The van der Waals surface area contributed by atoms with Crippen molar-refractivity contribution in [1.29, 1.82) is 0 Å². The summed E-state index contributed by atoms with van der Waals surface area (Å²) in [7, 11) is 4.17. The van der Waals surface area contributed by atoms with Crippen LogP contribution in [-0.4, -0.2) is 56.0 Å². The molecule has 1 saturated heterocycles. The van der Waals surface area contributed by atoms with Gasteiger partial charge in [-0.25, -0.2) is 0 Å². The van der Waals surface area contributed by atoms with E-state index in [-0.39, 0.29) is 5.91 Å². The van der Waals surface area contributed by atoms with Crippen LogP contribution in [0.15, 0.2) is 84.9 Å². The lowest BCUT2D eigenvalue weighted by molar-refractivity contribution is -0.126. The summed E-state index contributed by atoms with van der Waals surface area (Å²) in [6.07, 6.45) is 3.61. The van der Waals surface area contributed by atoms with Crippen LogP contribution < -0.4 is 4.90 Å². The van der Waals surface area contributed by atoms with E-state index in [0.29, 0.717) is 0 Å². The fraction of sp³-hybridized carbons (Fsp3) is 0.250. The standard InChI is InChI=1S/C28H31N3O/c1-29(2)22-24-7-6-10-27(21-24)30-17-19-31(20-18-30)28(32)16-13-23-11-14-26(15-12-23)25-8-4-3-5-9-25/h3-16,21H,17-20,22H2,1-2H3/b16-13+. The van der Waals surface area contributed by atoms with E-state index in [2.05, 4.69) is 84.6 Å². The molecule has 0 radical (unpaired) electrons. The molecule has 1 fully saturated rings. The van der Waals surface area contributed by atoms with Crippen molar-refractivity contribution < 1.29 is 4.79 Å². The lowest BCUT2D eigenvalue weighted by atomic mass is 10.0. The summed E-state index contributed by atoms with van der Waals surface area (Å²) in [5, 5.41) is 0. The van der Waals surface area contributed by atoms with Crippen molar-refractivity contribution in [3.05, 3.63) is 96.1 Å². The van der Waals surface area contributed by atoms with Gasteiger partial charge in [0.25, 0.3) is 0 Å². The predicted molar refractivity (Wildman–Crippen MR) is 134 cm³/mol. The van der Waals surface area contributed by atoms with Crippen molar-refractivity contribution in [2.45, 2.75) is 6.54 Å². The van der Waals surface area contributed by atoms with E-state index in [4.69, 9.17) is 0 Å². The molecule has 164 valence electrons. The van der Waals surface area contributed by atoms with Gasteiger partial charge in [-0.15, -0.1) is 0 Å². The molecule has 1 amide bonds. The predicted octanol–water partition coefficient (Wildman–Crippen LogP) is 4.78. The van der Waals surface area contributed by atoms with Crippen LogP contribution in [-0.2, 0) is 11.3 Å². The van der Waals surface area contributed by atoms with E-state index in [1.165, 1.54) is 22.4 Å². The molecule has 3 aromatic carbocycles. The first-order chi connectivity index (χ1) is 15.6. The topological polar surface area (TPSA) is 26.8 Å². The maximum absolute atomic E-state index is 12.7. The van der Waals surface area contributed by atoms with Gasteiger partial charge in [-0.05, 0) is 54.6 Å². The molecule has 1 heterocycles. The molecule has 1 aliphatic heterocycles. The fourth-order valence-corrected chi connectivity index (χ4v) is 4.09. The highest BCUT2D eigenvalue weighted by atomic mass is 16.2. The van der Waals surface area contributed by atoms with E-state index < -0.39 is 0 Å². The number of carbonyl (C=O) groups excluding carboxylic acids is 1. The molecule has 32 heavy (non-hydrogen) atoms. The number of hydrogen-bond acceptors (Lipinski definition) is 3. The number of amides is 1. The second kappa shape index (κ2) is 10.3. The Balaban J connectivity index is 1.31. The lowest BCUT2D eigenvalue weighted by Crippen LogP contribution is -2.48. The molecule has 1 aliphatic rings. The Labute approximate surface area is 191 Å². The van der Waals surface area contributed by atoms with Crippen molar-refractivity contribution in [3.63, 3.8) is 0 Å². The average Bonchev–Trinajstić information content (AvgIpc) is 2.83. The maximum atomic E-state index is 12.7. The van der Waals surface area contributed by atoms with Crippen LogP contribution in [0, 0.1) is 0 Å². The van der Waals surface area contributed by atoms with Crippen LogP contribution in [0.25, 0.3) is 17.2 Å². The minimum Gasteiger partial charge on any atom is -0.368 e. The van der Waals surface area contributed by atoms with Gasteiger partial charge in [-0.2, -0.15) is 0 Å². The molecule has 0 aliphatic carbocycles. The fourth-order valence-electron chi connectivity index (χ4n) is 4.09. The monoisotopic (exact) mass is 425 g/mol. The first-order valence-electron chi connectivity index (χ1n) is 11.2. The van der Waals surface area contributed by atoms with E-state index in [1.807, 2.05) is 29.2 Å². The molecular weight excluding hydrogens is 394 g/mol. The number of carbonyl (C=O) groups is 1. The Bertz CT molecular complexity index is 1050. The smallest absolute Gasteiger partial charge is 0.246 e. The summed E-state index contributed by atoms with van der Waals surface area (Å²) in [6.45, 7) is 4.14. The summed E-state index contributed by atoms with van der Waals surface area (Å²) in [6, 6.07) is 27.3. The third-order valence-corrected chi connectivity index (χ3v) is 5.80. The van der Waals surface area contributed by atoms with Gasteiger partial charge in [-0.3, -0.25) is 4.79 Å². The normalized spacial score (nSPS) is 14.3. The van der Waals surface area contributed by atoms with Crippen molar-refractivity contribution in [3.8, 4) is 11.1 Å². The van der Waals surface area contributed by atoms with Crippen LogP contribution in [0.1, 0.15) is 11.1 Å². The van der Waals surface area contributed by atoms with Crippen molar-refractivity contribution in [2.24, 2.45) is 0 Å². The minimum absolute atomic E-state index is 0.0816. The molecule has 4 heteroatoms. The largest absolute Gasteiger partial charge is 0.368 e. The molecule has 0 aromatic heterocycles. The molecule has 3 aromatic rings. The zero-order valence-electron chi connectivity index (χ0n) is 18.9. The third kappa shape index (κ3) is 5.65. The van der Waals surface area contributed by atoms with Gasteiger partial charge in [0.1, 0.15) is 0 Å². The van der Waals surface area contributed by atoms with E-state index in [9.17, 15) is 4.79 Å². The summed E-state index contributed by atoms with van der Waals surface area (Å²) >= 11 is 0. The highest BCUT2D eigenvalue weighted by Crippen LogP contribution is 2.21. The Hall–Kier alpha value is -3.37. The van der Waals surface area contributed by atoms with Crippen LogP contribution in [0.3, 0.4) is 0 Å². The second-order valence-electron chi connectivity index (χ2n) is 8.54. The van der Waals surface area contributed by atoms with Crippen LogP contribution in [0.5, 0.6) is 0 Å². The molecule has 0 spiro atoms. The number of rotatable bonds is 6. The van der Waals surface area contributed by atoms with Gasteiger partial charge in [0.2, 0.25) is 5.91 Å². The zero-order chi connectivity index (χ0) is 22.3. The van der Waals surface area contributed by atoms with Crippen molar-refractivity contribution >= 4 is 17.7 Å². The summed E-state index contributed by atoms with van der Waals surface area (Å²) in [4.78, 5) is 19.2. The highest BCUT2D eigenvalue weighted by molar-refractivity contribution is 5.92. The zero-order valence-corrected chi connectivity index (χ0v) is 18.9. The molecule has 4 nitrogen and oxygen atoms in total. The maximum Gasteiger partial charge on any atom is 0.246 e. The van der Waals surface area contributed by atoms with Gasteiger partial charge in [-0.1, -0.05) is 66.7 Å². The number of anilines is 1. The van der Waals surface area contributed by atoms with Crippen LogP contribution in [0.4, 0.5) is 5.69 Å². The van der Waals surface area contributed by atoms with Gasteiger partial charge in [0, 0.05) is 44.5 Å². The Morgan fingerprint density at radius 1 is 0.844 bits per heavy atom. The van der Waals surface area contributed by atoms with Gasteiger partial charge < -0.3 is 14.7 Å². The highest BCUT2D eigenvalue weighted by Gasteiger charge is 2.20. The molecule has 0 saturated carbocycles. The number of hydrogen-bond donors (Lipinski definition) is 0. The number of benzene rings is 3. The summed E-state index contributed by atoms with van der Waals surface area (Å²) in [5.74, 6) is 0.0816. The average molecular weight is 426 g/mol. The Morgan fingerprint density at radius 3 is 2.22 bits per heavy atom. The van der Waals surface area contributed by atoms with Gasteiger partial charge >= 0.3 is 0 Å². The van der Waals surface area contributed by atoms with Gasteiger partial charge in [0.15, 0.2) is 0 Å². The molecular formula is C28H31N3O. The molecule has 0 N–H and O–H groups in total. The molecule has 0 unspecified atom stereocenters. The molecule has 0 bridgehead atoms. The Morgan fingerprint density at radius 2 is 1.53 bits per heavy atom. The van der Waals surface area contributed by atoms with Gasteiger partial charge in [0.05, 0.1) is 0 Å². The minimum atomic E-state index is 0.0816. The summed E-state index contributed by atoms with van der Waals surface area (Å²) in [5.41, 5.74) is 5.97. The van der Waals surface area contributed by atoms with Crippen LogP contribution >= 0.6 is 0 Å². The van der Waals surface area contributed by atoms with E-state index in [1.54, 1.807) is 6.08 Å². The van der Waals surface area contributed by atoms with Crippen molar-refractivity contribution in [2.75, 3.05) is 45.2 Å². The van der Waals surface area contributed by atoms with E-state index >= 15 is 0 Å². The van der Waals surface area contributed by atoms with Crippen LogP contribution in [0.2, 0.25) is 0 Å². The first-order valence-corrected chi connectivity index (χ1v) is 11.2. The lowest BCUT2D eigenvalue weighted by Gasteiger charge is -2.36. The van der Waals surface area contributed by atoms with E-state index in [0.717, 1.165) is 38.3 Å². The second-order valence-corrected chi connectivity index (χ2v) is 8.54. The summed E-state index contributed by atoms with van der Waals surface area (Å²) < 4.78 is 0. The number of nitrogens with zero attached hydrogens (tertiary/aromatic N) is 3. The quantitative estimate of drug-likeness (QED) is 0.532. The SMILES string of the molecule is CN(C)Cc1cccc(N2CCN(C(=O)/C=C/c3ccc(-c4ccccc4)cc3)CC2)c1. The Kier molecular flexibility index (Phi) is 7.03. The number of piperazine rings is 1. The molecule has 4 rings (SSSR count).